The minimum absolute atomic E-state index is 0.401. The van der Waals surface area contributed by atoms with Crippen LogP contribution in [0, 0.1) is 23.7 Å². The van der Waals surface area contributed by atoms with E-state index < -0.39 is 11.8 Å². The number of nitrogens with zero attached hydrogens (tertiary/aromatic N) is 3. The van der Waals surface area contributed by atoms with Crippen LogP contribution in [-0.2, 0) is 14.5 Å². The molecule has 0 amide bonds. The number of hydrogen-bond acceptors (Lipinski definition) is 7. The number of benzene rings is 1. The summed E-state index contributed by atoms with van der Waals surface area (Å²) in [5.74, 6) is 1.70. The van der Waals surface area contributed by atoms with Gasteiger partial charge >= 0.3 is 6.03 Å². The molecule has 6 atom stereocenters. The predicted molar refractivity (Wildman–Crippen MR) is 78.1 cm³/mol. The minimum Gasteiger partial charge on any atom is -0.273 e. The molecule has 7 nitrogen and oxygen atoms in total. The lowest BCUT2D eigenvalue weighted by Crippen LogP contribution is -2.53. The summed E-state index contributed by atoms with van der Waals surface area (Å²) in [4.78, 5) is 11.6. The van der Waals surface area contributed by atoms with Crippen molar-refractivity contribution in [3.63, 3.8) is 0 Å². The summed E-state index contributed by atoms with van der Waals surface area (Å²) in [5, 5.41) is 9.79. The van der Waals surface area contributed by atoms with E-state index >= 15 is 0 Å². The highest BCUT2D eigenvalue weighted by Crippen LogP contribution is 2.67. The van der Waals surface area contributed by atoms with Crippen LogP contribution in [0.2, 0.25) is 0 Å². The van der Waals surface area contributed by atoms with Gasteiger partial charge in [-0.05, 0) is 49.7 Å². The molecule has 5 fully saturated rings. The van der Waals surface area contributed by atoms with Crippen molar-refractivity contribution < 1.29 is 14.5 Å². The Labute approximate surface area is 133 Å². The van der Waals surface area contributed by atoms with Crippen molar-refractivity contribution in [3.8, 4) is 0 Å². The molecule has 0 aromatic heterocycles. The van der Waals surface area contributed by atoms with Gasteiger partial charge in [-0.3, -0.25) is 4.74 Å². The summed E-state index contributed by atoms with van der Waals surface area (Å²) in [7, 11) is 0. The Morgan fingerprint density at radius 2 is 2.00 bits per heavy atom. The summed E-state index contributed by atoms with van der Waals surface area (Å²) in [5.41, 5.74) is 3.73. The summed E-state index contributed by atoms with van der Waals surface area (Å²) >= 11 is 0. The topological polar surface area (TPSA) is 67.7 Å². The van der Waals surface area contributed by atoms with E-state index in [1.54, 1.807) is 5.01 Å². The molecule has 2 spiro atoms. The van der Waals surface area contributed by atoms with Crippen molar-refractivity contribution in [1.29, 1.82) is 0 Å². The molecule has 1 N–H and O–H groups in total. The normalized spacial score (nSPS) is 49.0. The Hall–Kier alpha value is -1.70. The van der Waals surface area contributed by atoms with Gasteiger partial charge in [-0.15, -0.1) is 4.89 Å². The molecule has 7 rings (SSSR count). The predicted octanol–water partition coefficient (Wildman–Crippen LogP) is 2.73. The zero-order chi connectivity index (χ0) is 15.1. The van der Waals surface area contributed by atoms with Crippen LogP contribution in [0.25, 0.3) is 0 Å². The van der Waals surface area contributed by atoms with Gasteiger partial charge in [-0.25, -0.2) is 0 Å². The van der Waals surface area contributed by atoms with Crippen LogP contribution in [-0.4, -0.2) is 11.8 Å². The smallest absolute Gasteiger partial charge is 0.273 e. The van der Waals surface area contributed by atoms with Crippen LogP contribution >= 0.6 is 0 Å². The van der Waals surface area contributed by atoms with E-state index in [1.165, 1.54) is 25.7 Å². The molecule has 2 heterocycles. The molecule has 1 aromatic carbocycles. The molecule has 4 aliphatic carbocycles. The average Bonchev–Trinajstić information content (AvgIpc) is 3.29. The van der Waals surface area contributed by atoms with E-state index in [-0.39, 0.29) is 0 Å². The van der Waals surface area contributed by atoms with E-state index in [4.69, 9.17) is 14.5 Å². The van der Waals surface area contributed by atoms with E-state index in [9.17, 15) is 0 Å². The third-order valence-electron chi connectivity index (χ3n) is 6.27. The Balaban J connectivity index is 1.37. The van der Waals surface area contributed by atoms with Crippen LogP contribution in [0.5, 0.6) is 0 Å². The highest BCUT2D eigenvalue weighted by atomic mass is 17.3. The van der Waals surface area contributed by atoms with Crippen LogP contribution in [0.1, 0.15) is 25.7 Å². The molecule has 1 aromatic rings. The zero-order valence-corrected chi connectivity index (χ0v) is 12.6. The second kappa shape index (κ2) is 4.03. The molecular formula is C16H18N4O3. The number of rotatable bonds is 1. The van der Waals surface area contributed by atoms with Crippen LogP contribution in [0.3, 0.4) is 0 Å². The number of para-hydroxylation sites is 1. The van der Waals surface area contributed by atoms with Crippen LogP contribution in [0.4, 0.5) is 5.69 Å². The third kappa shape index (κ3) is 1.46. The summed E-state index contributed by atoms with van der Waals surface area (Å²) < 4.78 is 6.45. The lowest BCUT2D eigenvalue weighted by atomic mass is 9.78. The lowest BCUT2D eigenvalue weighted by Gasteiger charge is -2.38. The Bertz CT molecular complexity index is 681. The van der Waals surface area contributed by atoms with E-state index in [1.807, 2.05) is 30.3 Å². The summed E-state index contributed by atoms with van der Waals surface area (Å²) in [6.07, 6.45) is 4.83. The molecule has 120 valence electrons. The van der Waals surface area contributed by atoms with Gasteiger partial charge < -0.3 is 0 Å². The molecule has 7 heteroatoms. The van der Waals surface area contributed by atoms with Crippen molar-refractivity contribution in [2.45, 2.75) is 37.5 Å². The first-order valence-corrected chi connectivity index (χ1v) is 8.39. The molecular weight excluding hydrogens is 296 g/mol. The fourth-order valence-electron chi connectivity index (χ4n) is 5.49. The first-order valence-electron chi connectivity index (χ1n) is 8.39. The molecule has 0 radical (unpaired) electrons. The molecule has 4 bridgehead atoms. The van der Waals surface area contributed by atoms with E-state index in [0.717, 1.165) is 11.6 Å². The third-order valence-corrected chi connectivity index (χ3v) is 6.27. The Morgan fingerprint density at radius 1 is 1.09 bits per heavy atom. The van der Waals surface area contributed by atoms with Gasteiger partial charge in [0.15, 0.2) is 0 Å². The van der Waals surface area contributed by atoms with Crippen molar-refractivity contribution in [1.82, 2.24) is 5.53 Å². The highest BCUT2D eigenvalue weighted by molar-refractivity contribution is 5.46. The van der Waals surface area contributed by atoms with Crippen LogP contribution in [0.15, 0.2) is 40.7 Å². The summed E-state index contributed by atoms with van der Waals surface area (Å²) in [6.45, 7) is 0. The first-order chi connectivity index (χ1) is 11.3. The van der Waals surface area contributed by atoms with Gasteiger partial charge in [-0.1, -0.05) is 28.5 Å². The standard InChI is InChI=1S/C16H18N4O3/c1-2-4-13(5-3-1)20-16(17-18-19-20)21-15(22-23-16)12-7-10-6-11(9-12)14(15)8-10/h1-5,10-12,14H,6-9H2,(H,17,19). The fraction of sp³-hybridized carbons (Fsp3) is 0.625. The van der Waals surface area contributed by atoms with Crippen molar-refractivity contribution in [2.24, 2.45) is 34.0 Å². The maximum absolute atomic E-state index is 6.45. The SMILES string of the molecule is c1ccc(N2NN=NC23OOC2(O3)C3CC4CC(C3)C2C4)cc1. The lowest BCUT2D eigenvalue weighted by molar-refractivity contribution is -0.366. The molecule has 6 unspecified atom stereocenters. The van der Waals surface area contributed by atoms with Gasteiger partial charge in [-0.2, -0.15) is 15.4 Å². The average molecular weight is 314 g/mol. The zero-order valence-electron chi connectivity index (χ0n) is 12.6. The molecule has 2 aliphatic heterocycles. The van der Waals surface area contributed by atoms with E-state index in [0.29, 0.717) is 17.8 Å². The van der Waals surface area contributed by atoms with Gasteiger partial charge in [0.25, 0.3) is 0 Å². The second-order valence-electron chi connectivity index (χ2n) is 7.38. The molecule has 23 heavy (non-hydrogen) atoms. The first kappa shape index (κ1) is 12.7. The van der Waals surface area contributed by atoms with E-state index in [2.05, 4.69) is 15.9 Å². The maximum Gasteiger partial charge on any atom is 0.428 e. The maximum atomic E-state index is 6.45. The number of ether oxygens (including phenoxy) is 1. The van der Waals surface area contributed by atoms with Gasteiger partial charge in [0.2, 0.25) is 5.79 Å². The molecule has 6 aliphatic rings. The highest BCUT2D eigenvalue weighted by Gasteiger charge is 2.73. The Morgan fingerprint density at radius 3 is 2.87 bits per heavy atom. The van der Waals surface area contributed by atoms with Gasteiger partial charge in [0, 0.05) is 11.8 Å². The molecule has 1 saturated heterocycles. The second-order valence-corrected chi connectivity index (χ2v) is 7.38. The van der Waals surface area contributed by atoms with Crippen LogP contribution < -0.4 is 10.5 Å². The van der Waals surface area contributed by atoms with Gasteiger partial charge in [0.1, 0.15) is 0 Å². The quantitative estimate of drug-likeness (QED) is 0.807. The van der Waals surface area contributed by atoms with Crippen molar-refractivity contribution in [3.05, 3.63) is 30.3 Å². The summed E-state index contributed by atoms with van der Waals surface area (Å²) in [6, 6.07) is 8.42. The number of nitrogens with one attached hydrogen (secondary N) is 1. The largest absolute Gasteiger partial charge is 0.428 e. The van der Waals surface area contributed by atoms with Gasteiger partial charge in [0.05, 0.1) is 5.69 Å². The van der Waals surface area contributed by atoms with Crippen molar-refractivity contribution >= 4 is 5.69 Å². The minimum atomic E-state index is -1.36. The monoisotopic (exact) mass is 314 g/mol. The Kier molecular flexibility index (Phi) is 2.23. The molecule has 4 saturated carbocycles. The number of hydrogen-bond donors (Lipinski definition) is 1. The number of hydrazine groups is 1. The number of anilines is 1. The fourth-order valence-corrected chi connectivity index (χ4v) is 5.49. The van der Waals surface area contributed by atoms with Crippen molar-refractivity contribution in [2.75, 3.05) is 5.01 Å².